The molecule has 0 heterocycles. The Hall–Kier alpha value is -1.92. The Kier molecular flexibility index (Phi) is 4.77. The van der Waals surface area contributed by atoms with Crippen molar-refractivity contribution in [3.63, 3.8) is 0 Å². The first-order valence-electron chi connectivity index (χ1n) is 7.36. The number of hydrogen-bond acceptors (Lipinski definition) is 3. The lowest BCUT2D eigenvalue weighted by atomic mass is 10.1. The summed E-state index contributed by atoms with van der Waals surface area (Å²) in [6.07, 6.45) is 0. The molecule has 0 aliphatic heterocycles. The van der Waals surface area contributed by atoms with Gasteiger partial charge in [-0.05, 0) is 43.7 Å². The van der Waals surface area contributed by atoms with Gasteiger partial charge < -0.3 is 5.32 Å². The van der Waals surface area contributed by atoms with Crippen LogP contribution in [0.5, 0.6) is 0 Å². The van der Waals surface area contributed by atoms with E-state index in [0.29, 0.717) is 0 Å². The van der Waals surface area contributed by atoms with Gasteiger partial charge in [0.25, 0.3) is 0 Å². The number of nitrogens with zero attached hydrogens (tertiary/aromatic N) is 1. The molecule has 0 saturated carbocycles. The van der Waals surface area contributed by atoms with Crippen LogP contribution in [-0.2, 0) is 14.8 Å². The van der Waals surface area contributed by atoms with Crippen molar-refractivity contribution in [1.82, 2.24) is 9.62 Å². The Balaban J connectivity index is 2.23. The van der Waals surface area contributed by atoms with Crippen molar-refractivity contribution >= 4 is 26.7 Å². The average Bonchev–Trinajstić information content (AvgIpc) is 2.44. The smallest absolute Gasteiger partial charge is 0.243 e. The number of benzene rings is 2. The molecule has 1 amide bonds. The summed E-state index contributed by atoms with van der Waals surface area (Å²) in [7, 11) is -2.30. The highest BCUT2D eigenvalue weighted by molar-refractivity contribution is 7.89. The van der Waals surface area contributed by atoms with Crippen molar-refractivity contribution < 1.29 is 13.2 Å². The molecule has 0 unspecified atom stereocenters. The van der Waals surface area contributed by atoms with Gasteiger partial charge in [0, 0.05) is 12.6 Å². The number of rotatable bonds is 4. The molecule has 0 fully saturated rings. The number of nitrogens with one attached hydrogen (secondary N) is 1. The normalized spacial score (nSPS) is 12.6. The van der Waals surface area contributed by atoms with Crippen LogP contribution in [0.4, 0.5) is 0 Å². The van der Waals surface area contributed by atoms with Crippen molar-refractivity contribution in [2.75, 3.05) is 13.6 Å². The number of hydrogen-bond donors (Lipinski definition) is 1. The van der Waals surface area contributed by atoms with E-state index in [1.54, 1.807) is 18.2 Å². The fourth-order valence-electron chi connectivity index (χ4n) is 2.25. The molecular weight excluding hydrogens is 312 g/mol. The number of carbonyl (C=O) groups is 1. The lowest BCUT2D eigenvalue weighted by Gasteiger charge is -2.23. The van der Waals surface area contributed by atoms with E-state index >= 15 is 0 Å². The van der Waals surface area contributed by atoms with Crippen LogP contribution < -0.4 is 5.32 Å². The Morgan fingerprint density at radius 3 is 2.30 bits per heavy atom. The van der Waals surface area contributed by atoms with Crippen LogP contribution in [0.2, 0.25) is 0 Å². The average molecular weight is 334 g/mol. The first-order valence-corrected chi connectivity index (χ1v) is 8.80. The van der Waals surface area contributed by atoms with E-state index in [-0.39, 0.29) is 17.3 Å². The molecule has 0 spiro atoms. The van der Waals surface area contributed by atoms with Gasteiger partial charge in [0.2, 0.25) is 15.9 Å². The minimum absolute atomic E-state index is 0.183. The van der Waals surface area contributed by atoms with Crippen LogP contribution >= 0.6 is 0 Å². The van der Waals surface area contributed by atoms with E-state index in [4.69, 9.17) is 0 Å². The van der Waals surface area contributed by atoms with E-state index in [1.165, 1.54) is 7.05 Å². The highest BCUT2D eigenvalue weighted by Gasteiger charge is 2.24. The molecular formula is C17H22N2O3S. The molecule has 0 aromatic heterocycles. The van der Waals surface area contributed by atoms with Crippen LogP contribution in [0.1, 0.15) is 20.8 Å². The molecule has 1 N–H and O–H groups in total. The SMILES string of the molecule is CN(CC(=O)NC(C)(C)C)S(=O)(=O)c1ccc2ccccc2c1. The zero-order valence-electron chi connectivity index (χ0n) is 13.8. The van der Waals surface area contributed by atoms with Crippen molar-refractivity contribution in [2.24, 2.45) is 0 Å². The first-order chi connectivity index (χ1) is 10.6. The van der Waals surface area contributed by atoms with E-state index in [0.717, 1.165) is 15.1 Å². The fourth-order valence-corrected chi connectivity index (χ4v) is 3.42. The summed E-state index contributed by atoms with van der Waals surface area (Å²) in [6.45, 7) is 5.33. The van der Waals surface area contributed by atoms with Crippen LogP contribution in [0.3, 0.4) is 0 Å². The summed E-state index contributed by atoms with van der Waals surface area (Å²) in [5.74, 6) is -0.329. The molecule has 0 aliphatic rings. The van der Waals surface area contributed by atoms with Gasteiger partial charge >= 0.3 is 0 Å². The summed E-state index contributed by atoms with van der Waals surface area (Å²) in [6, 6.07) is 12.5. The number of likely N-dealkylation sites (N-methyl/N-ethyl adjacent to an activating group) is 1. The van der Waals surface area contributed by atoms with Gasteiger partial charge in [-0.2, -0.15) is 4.31 Å². The summed E-state index contributed by atoms with van der Waals surface area (Å²) >= 11 is 0. The molecule has 6 heteroatoms. The molecule has 0 aliphatic carbocycles. The van der Waals surface area contributed by atoms with Crippen molar-refractivity contribution in [2.45, 2.75) is 31.2 Å². The number of fused-ring (bicyclic) bond motifs is 1. The molecule has 124 valence electrons. The minimum atomic E-state index is -3.71. The van der Waals surface area contributed by atoms with E-state index in [2.05, 4.69) is 5.32 Å². The van der Waals surface area contributed by atoms with Crippen LogP contribution in [0.15, 0.2) is 47.4 Å². The number of sulfonamides is 1. The van der Waals surface area contributed by atoms with Crippen molar-refractivity contribution in [3.8, 4) is 0 Å². The summed E-state index contributed by atoms with van der Waals surface area (Å²) in [4.78, 5) is 12.1. The Morgan fingerprint density at radius 2 is 1.70 bits per heavy atom. The second-order valence-corrected chi connectivity index (χ2v) is 8.61. The second-order valence-electron chi connectivity index (χ2n) is 6.57. The highest BCUT2D eigenvalue weighted by atomic mass is 32.2. The molecule has 0 atom stereocenters. The number of amides is 1. The summed E-state index contributed by atoms with van der Waals surface area (Å²) in [5, 5.41) is 4.58. The zero-order valence-corrected chi connectivity index (χ0v) is 14.6. The third-order valence-corrected chi connectivity index (χ3v) is 5.11. The van der Waals surface area contributed by atoms with Gasteiger partial charge in [-0.1, -0.05) is 30.3 Å². The minimum Gasteiger partial charge on any atom is -0.350 e. The first kappa shape index (κ1) is 17.4. The van der Waals surface area contributed by atoms with Crippen molar-refractivity contribution in [1.29, 1.82) is 0 Å². The lowest BCUT2D eigenvalue weighted by Crippen LogP contribution is -2.46. The van der Waals surface area contributed by atoms with Crippen LogP contribution in [-0.4, -0.2) is 37.8 Å². The largest absolute Gasteiger partial charge is 0.350 e. The molecule has 0 bridgehead atoms. The van der Waals surface area contributed by atoms with E-state index in [1.807, 2.05) is 45.0 Å². The number of carbonyl (C=O) groups excluding carboxylic acids is 1. The van der Waals surface area contributed by atoms with Crippen molar-refractivity contribution in [3.05, 3.63) is 42.5 Å². The van der Waals surface area contributed by atoms with Gasteiger partial charge in [-0.3, -0.25) is 4.79 Å². The maximum Gasteiger partial charge on any atom is 0.243 e. The Bertz CT molecular complexity index is 823. The molecule has 23 heavy (non-hydrogen) atoms. The molecule has 2 rings (SSSR count). The maximum absolute atomic E-state index is 12.6. The van der Waals surface area contributed by atoms with Crippen LogP contribution in [0, 0.1) is 0 Å². The fraction of sp³-hybridized carbons (Fsp3) is 0.353. The summed E-state index contributed by atoms with van der Waals surface area (Å²) < 4.78 is 26.3. The van der Waals surface area contributed by atoms with Crippen LogP contribution in [0.25, 0.3) is 10.8 Å². The maximum atomic E-state index is 12.6. The predicted molar refractivity (Wildman–Crippen MR) is 91.7 cm³/mol. The van der Waals surface area contributed by atoms with Gasteiger partial charge in [0.1, 0.15) is 0 Å². The molecule has 2 aromatic rings. The van der Waals surface area contributed by atoms with Gasteiger partial charge in [0.05, 0.1) is 11.4 Å². The molecule has 5 nitrogen and oxygen atoms in total. The van der Waals surface area contributed by atoms with Gasteiger partial charge in [-0.25, -0.2) is 8.42 Å². The summed E-state index contributed by atoms with van der Waals surface area (Å²) in [5.41, 5.74) is -0.398. The standard InChI is InChI=1S/C17H22N2O3S/c1-17(2,3)18-16(20)12-19(4)23(21,22)15-10-9-13-7-5-6-8-14(13)11-15/h5-11H,12H2,1-4H3,(H,18,20). The van der Waals surface area contributed by atoms with Gasteiger partial charge in [-0.15, -0.1) is 0 Å². The molecule has 2 aromatic carbocycles. The topological polar surface area (TPSA) is 66.5 Å². The Labute approximate surface area is 137 Å². The Morgan fingerprint density at radius 1 is 1.09 bits per heavy atom. The zero-order chi connectivity index (χ0) is 17.3. The second kappa shape index (κ2) is 6.29. The quantitative estimate of drug-likeness (QED) is 0.933. The highest BCUT2D eigenvalue weighted by Crippen LogP contribution is 2.21. The van der Waals surface area contributed by atoms with E-state index < -0.39 is 15.6 Å². The molecule has 0 radical (unpaired) electrons. The third kappa shape index (κ3) is 4.30. The van der Waals surface area contributed by atoms with E-state index in [9.17, 15) is 13.2 Å². The lowest BCUT2D eigenvalue weighted by molar-refractivity contribution is -0.122. The molecule has 0 saturated heterocycles. The predicted octanol–water partition coefficient (Wildman–Crippen LogP) is 2.38. The third-order valence-electron chi connectivity index (χ3n) is 3.31. The monoisotopic (exact) mass is 334 g/mol. The van der Waals surface area contributed by atoms with Gasteiger partial charge in [0.15, 0.2) is 0 Å².